The van der Waals surface area contributed by atoms with Gasteiger partial charge in [-0.15, -0.1) is 0 Å². The van der Waals surface area contributed by atoms with Crippen molar-refractivity contribution in [1.82, 2.24) is 24.6 Å². The van der Waals surface area contributed by atoms with E-state index in [-0.39, 0.29) is 22.7 Å². The lowest BCUT2D eigenvalue weighted by molar-refractivity contribution is 0.0946. The summed E-state index contributed by atoms with van der Waals surface area (Å²) in [7, 11) is 0. The number of carbonyl (C=O) groups is 1. The Morgan fingerprint density at radius 3 is 2.88 bits per heavy atom. The number of pyridine rings is 1. The summed E-state index contributed by atoms with van der Waals surface area (Å²) in [6, 6.07) is 14.9. The first-order valence-corrected chi connectivity index (χ1v) is 11.0. The number of benzene rings is 1. The molecule has 1 aliphatic rings. The summed E-state index contributed by atoms with van der Waals surface area (Å²) in [4.78, 5) is 35.2. The van der Waals surface area contributed by atoms with E-state index in [0.717, 1.165) is 29.6 Å². The summed E-state index contributed by atoms with van der Waals surface area (Å²) < 4.78 is 1.41. The Morgan fingerprint density at radius 1 is 1.19 bits per heavy atom. The van der Waals surface area contributed by atoms with Crippen LogP contribution in [0.1, 0.15) is 48.4 Å². The highest BCUT2D eigenvalue weighted by Crippen LogP contribution is 2.30. The molecule has 0 spiro atoms. The third kappa shape index (κ3) is 3.91. The van der Waals surface area contributed by atoms with Crippen LogP contribution in [-0.4, -0.2) is 37.3 Å². The van der Waals surface area contributed by atoms with E-state index < -0.39 is 0 Å². The van der Waals surface area contributed by atoms with Crippen LogP contribution in [0.4, 0.5) is 0 Å². The molecule has 32 heavy (non-hydrogen) atoms. The van der Waals surface area contributed by atoms with Crippen molar-refractivity contribution in [3.05, 3.63) is 82.0 Å². The van der Waals surface area contributed by atoms with Crippen molar-refractivity contribution in [3.8, 4) is 0 Å². The van der Waals surface area contributed by atoms with Gasteiger partial charge in [-0.3, -0.25) is 18.9 Å². The lowest BCUT2D eigenvalue weighted by Crippen LogP contribution is -2.37. The van der Waals surface area contributed by atoms with Gasteiger partial charge in [0.1, 0.15) is 11.3 Å². The van der Waals surface area contributed by atoms with Crippen LogP contribution in [0.25, 0.3) is 16.6 Å². The maximum Gasteiger partial charge on any atom is 0.270 e. The number of nitrogens with one attached hydrogen (secondary N) is 2. The number of H-pyrrole nitrogens is 1. The first-order valence-electron chi connectivity index (χ1n) is 11.0. The summed E-state index contributed by atoms with van der Waals surface area (Å²) in [5, 5.41) is 4.04. The quantitative estimate of drug-likeness (QED) is 0.509. The second-order valence-corrected chi connectivity index (χ2v) is 9.14. The number of nitrogens with zero attached hydrogens (tertiary/aromatic N) is 3. The van der Waals surface area contributed by atoms with E-state index in [0.29, 0.717) is 12.2 Å². The number of carbonyl (C=O) groups excluding carboxylic acids is 1. The van der Waals surface area contributed by atoms with E-state index in [1.807, 2.05) is 6.07 Å². The Morgan fingerprint density at radius 2 is 2.06 bits per heavy atom. The zero-order chi connectivity index (χ0) is 22.3. The molecular formula is C25H27N5O2. The number of hydrogen-bond donors (Lipinski definition) is 2. The van der Waals surface area contributed by atoms with Crippen molar-refractivity contribution < 1.29 is 4.79 Å². The van der Waals surface area contributed by atoms with Gasteiger partial charge in [0.2, 0.25) is 0 Å². The van der Waals surface area contributed by atoms with Crippen molar-refractivity contribution in [2.75, 3.05) is 6.54 Å². The zero-order valence-electron chi connectivity index (χ0n) is 18.4. The van der Waals surface area contributed by atoms with Gasteiger partial charge in [-0.2, -0.15) is 0 Å². The second-order valence-electron chi connectivity index (χ2n) is 9.14. The third-order valence-corrected chi connectivity index (χ3v) is 6.43. The number of rotatable bonds is 5. The smallest absolute Gasteiger partial charge is 0.270 e. The predicted molar refractivity (Wildman–Crippen MR) is 125 cm³/mol. The fourth-order valence-electron chi connectivity index (χ4n) is 4.53. The first-order chi connectivity index (χ1) is 15.4. The van der Waals surface area contributed by atoms with Gasteiger partial charge >= 0.3 is 0 Å². The molecule has 164 valence electrons. The van der Waals surface area contributed by atoms with E-state index >= 15 is 0 Å². The van der Waals surface area contributed by atoms with Gasteiger partial charge < -0.3 is 10.3 Å². The standard InChI is InChI=1S/C25H27N5O2/c1-25(2)9-5-10-29(25)16-19-13-18-8-7-17(12-20(18)27-19)15-26-24(32)21-14-23(31)30-11-4-3-6-22(30)28-21/h3-4,6-8,11-14,27H,5,9-10,15-16H2,1-2H3,(H,26,32). The van der Waals surface area contributed by atoms with E-state index in [2.05, 4.69) is 52.2 Å². The monoisotopic (exact) mass is 429 g/mol. The molecule has 0 bridgehead atoms. The van der Waals surface area contributed by atoms with Gasteiger partial charge in [0.25, 0.3) is 11.5 Å². The molecule has 0 aliphatic carbocycles. The van der Waals surface area contributed by atoms with Crippen LogP contribution in [0.5, 0.6) is 0 Å². The molecule has 0 unspecified atom stereocenters. The molecule has 3 aromatic heterocycles. The van der Waals surface area contributed by atoms with Crippen molar-refractivity contribution >= 4 is 22.5 Å². The fraction of sp³-hybridized carbons (Fsp3) is 0.320. The van der Waals surface area contributed by atoms with E-state index in [4.69, 9.17) is 0 Å². The zero-order valence-corrected chi connectivity index (χ0v) is 18.4. The van der Waals surface area contributed by atoms with Crippen LogP contribution >= 0.6 is 0 Å². The van der Waals surface area contributed by atoms with Gasteiger partial charge in [-0.25, -0.2) is 4.98 Å². The van der Waals surface area contributed by atoms with Gasteiger partial charge in [-0.1, -0.05) is 18.2 Å². The molecule has 4 heterocycles. The molecule has 0 radical (unpaired) electrons. The molecule has 0 saturated carbocycles. The van der Waals surface area contributed by atoms with Crippen LogP contribution < -0.4 is 10.9 Å². The molecule has 7 nitrogen and oxygen atoms in total. The number of amides is 1. The lowest BCUT2D eigenvalue weighted by atomic mass is 10.0. The number of hydrogen-bond acceptors (Lipinski definition) is 4. The lowest BCUT2D eigenvalue weighted by Gasteiger charge is -2.31. The van der Waals surface area contributed by atoms with Gasteiger partial charge in [0.05, 0.1) is 0 Å². The van der Waals surface area contributed by atoms with Crippen LogP contribution in [0.15, 0.2) is 59.5 Å². The first kappa shape index (κ1) is 20.5. The van der Waals surface area contributed by atoms with E-state index in [1.54, 1.807) is 24.4 Å². The molecule has 1 saturated heterocycles. The van der Waals surface area contributed by atoms with Crippen molar-refractivity contribution in [2.24, 2.45) is 0 Å². The largest absolute Gasteiger partial charge is 0.357 e. The molecule has 5 rings (SSSR count). The molecule has 1 amide bonds. The Balaban J connectivity index is 1.29. The van der Waals surface area contributed by atoms with Crippen molar-refractivity contribution in [2.45, 2.75) is 45.3 Å². The average Bonchev–Trinajstić information content (AvgIpc) is 3.33. The van der Waals surface area contributed by atoms with E-state index in [1.165, 1.54) is 29.0 Å². The van der Waals surface area contributed by atoms with Crippen LogP contribution in [0, 0.1) is 0 Å². The number of aromatic amines is 1. The summed E-state index contributed by atoms with van der Waals surface area (Å²) in [6.07, 6.45) is 4.11. The van der Waals surface area contributed by atoms with Crippen molar-refractivity contribution in [1.29, 1.82) is 0 Å². The molecular weight excluding hydrogens is 402 g/mol. The summed E-state index contributed by atoms with van der Waals surface area (Å²) >= 11 is 0. The van der Waals surface area contributed by atoms with Crippen LogP contribution in [0.2, 0.25) is 0 Å². The molecule has 7 heteroatoms. The topological polar surface area (TPSA) is 82.5 Å². The van der Waals surface area contributed by atoms with Crippen LogP contribution in [0.3, 0.4) is 0 Å². The van der Waals surface area contributed by atoms with Crippen LogP contribution in [-0.2, 0) is 13.1 Å². The molecule has 1 aromatic carbocycles. The molecule has 0 atom stereocenters. The van der Waals surface area contributed by atoms with Gasteiger partial charge in [0, 0.05) is 42.1 Å². The second kappa shape index (κ2) is 7.91. The SMILES string of the molecule is CC1(C)CCCN1Cc1cc2ccc(CNC(=O)c3cc(=O)n4ccccc4n3)cc2[nH]1. The summed E-state index contributed by atoms with van der Waals surface area (Å²) in [6.45, 7) is 7.02. The Kier molecular flexibility index (Phi) is 5.06. The summed E-state index contributed by atoms with van der Waals surface area (Å²) in [5.74, 6) is -0.364. The number of aromatic nitrogens is 3. The highest BCUT2D eigenvalue weighted by Gasteiger charge is 2.31. The number of likely N-dealkylation sites (tertiary alicyclic amines) is 1. The van der Waals surface area contributed by atoms with E-state index in [9.17, 15) is 9.59 Å². The molecule has 2 N–H and O–H groups in total. The maximum atomic E-state index is 12.6. The Labute approximate surface area is 186 Å². The normalized spacial score (nSPS) is 16.1. The summed E-state index contributed by atoms with van der Waals surface area (Å²) in [5.41, 5.74) is 3.79. The fourth-order valence-corrected chi connectivity index (χ4v) is 4.53. The average molecular weight is 430 g/mol. The Bertz CT molecular complexity index is 1370. The maximum absolute atomic E-state index is 12.6. The Hall–Kier alpha value is -3.45. The number of fused-ring (bicyclic) bond motifs is 2. The molecule has 1 fully saturated rings. The predicted octanol–water partition coefficient (Wildman–Crippen LogP) is 3.48. The minimum atomic E-state index is -0.364. The molecule has 1 aliphatic heterocycles. The third-order valence-electron chi connectivity index (χ3n) is 6.43. The van der Waals surface area contributed by atoms with Gasteiger partial charge in [0.15, 0.2) is 0 Å². The minimum Gasteiger partial charge on any atom is -0.357 e. The minimum absolute atomic E-state index is 0.123. The van der Waals surface area contributed by atoms with Crippen molar-refractivity contribution in [3.63, 3.8) is 0 Å². The highest BCUT2D eigenvalue weighted by molar-refractivity contribution is 5.92. The highest BCUT2D eigenvalue weighted by atomic mass is 16.2. The van der Waals surface area contributed by atoms with Gasteiger partial charge in [-0.05, 0) is 68.4 Å². The molecule has 4 aromatic rings.